The van der Waals surface area contributed by atoms with Gasteiger partial charge >= 0.3 is 0 Å². The standard InChI is InChI=1S/C11H13NO4S/c1-8-3-5-10(6-4-8)11(9(2)13)7-12-16-17(14)15/h3-7,11H,1-2H3,(H,14,15)/p-1. The first-order valence-electron chi connectivity index (χ1n) is 4.88. The number of hydrogen-bond donors (Lipinski definition) is 0. The monoisotopic (exact) mass is 254 g/mol. The topological polar surface area (TPSA) is 78.8 Å². The maximum absolute atomic E-state index is 11.4. The van der Waals surface area contributed by atoms with E-state index in [1.165, 1.54) is 13.1 Å². The van der Waals surface area contributed by atoms with Gasteiger partial charge in [-0.25, -0.2) is 4.21 Å². The molecule has 0 aliphatic rings. The van der Waals surface area contributed by atoms with Gasteiger partial charge in [0.1, 0.15) is 5.78 Å². The Bertz CT molecular complexity index is 441. The largest absolute Gasteiger partial charge is 0.738 e. The summed E-state index contributed by atoms with van der Waals surface area (Å²) < 4.78 is 24.2. The third-order valence-corrected chi connectivity index (χ3v) is 2.40. The smallest absolute Gasteiger partial charge is 0.169 e. The molecule has 0 aromatic heterocycles. The zero-order valence-corrected chi connectivity index (χ0v) is 10.3. The Kier molecular flexibility index (Phi) is 4.99. The Balaban J connectivity index is 2.86. The third kappa shape index (κ3) is 4.46. The number of carbonyl (C=O) groups is 1. The summed E-state index contributed by atoms with van der Waals surface area (Å²) in [7, 11) is 0. The maximum atomic E-state index is 11.4. The molecule has 0 saturated carbocycles. The predicted octanol–water partition coefficient (Wildman–Crippen LogP) is 1.46. The zero-order chi connectivity index (χ0) is 12.8. The van der Waals surface area contributed by atoms with Crippen LogP contribution in [0.3, 0.4) is 0 Å². The molecule has 0 amide bonds. The second kappa shape index (κ2) is 6.27. The summed E-state index contributed by atoms with van der Waals surface area (Å²) in [6.07, 6.45) is 1.17. The van der Waals surface area contributed by atoms with E-state index in [0.29, 0.717) is 0 Å². The van der Waals surface area contributed by atoms with Gasteiger partial charge in [-0.1, -0.05) is 35.0 Å². The number of oxime groups is 1. The quantitative estimate of drug-likeness (QED) is 0.452. The van der Waals surface area contributed by atoms with Crippen LogP contribution in [0, 0.1) is 6.92 Å². The Hall–Kier alpha value is -1.53. The first-order valence-corrected chi connectivity index (χ1v) is 5.88. The average molecular weight is 254 g/mol. The van der Waals surface area contributed by atoms with Gasteiger partial charge in [0.05, 0.1) is 12.1 Å². The number of rotatable bonds is 5. The van der Waals surface area contributed by atoms with Gasteiger partial charge in [-0.05, 0) is 19.4 Å². The lowest BCUT2D eigenvalue weighted by molar-refractivity contribution is -0.117. The molecule has 0 fully saturated rings. The van der Waals surface area contributed by atoms with E-state index in [1.54, 1.807) is 12.1 Å². The van der Waals surface area contributed by atoms with Gasteiger partial charge in [0.15, 0.2) is 11.4 Å². The molecule has 1 aromatic rings. The summed E-state index contributed by atoms with van der Waals surface area (Å²) >= 11 is -2.71. The van der Waals surface area contributed by atoms with Crippen molar-refractivity contribution in [3.8, 4) is 0 Å². The van der Waals surface area contributed by atoms with Crippen molar-refractivity contribution < 1.29 is 17.8 Å². The van der Waals surface area contributed by atoms with Crippen molar-refractivity contribution >= 4 is 23.4 Å². The minimum atomic E-state index is -2.71. The predicted molar refractivity (Wildman–Crippen MR) is 63.1 cm³/mol. The SMILES string of the molecule is CC(=O)C(C=NOS(=O)[O-])c1ccc(C)cc1. The van der Waals surface area contributed by atoms with Gasteiger partial charge < -0.3 is 8.84 Å². The van der Waals surface area contributed by atoms with Crippen LogP contribution < -0.4 is 0 Å². The minimum Gasteiger partial charge on any atom is -0.738 e. The summed E-state index contributed by atoms with van der Waals surface area (Å²) in [6, 6.07) is 7.32. The van der Waals surface area contributed by atoms with Gasteiger partial charge in [0, 0.05) is 0 Å². The van der Waals surface area contributed by atoms with Crippen LogP contribution in [0.2, 0.25) is 0 Å². The molecule has 0 radical (unpaired) electrons. The van der Waals surface area contributed by atoms with Gasteiger partial charge in [-0.2, -0.15) is 0 Å². The van der Waals surface area contributed by atoms with E-state index in [-0.39, 0.29) is 5.78 Å². The molecule has 6 heteroatoms. The number of nitrogens with zero attached hydrogens (tertiary/aromatic N) is 1. The van der Waals surface area contributed by atoms with E-state index in [2.05, 4.69) is 9.44 Å². The molecule has 0 aliphatic carbocycles. The van der Waals surface area contributed by atoms with Crippen molar-refractivity contribution in [2.45, 2.75) is 19.8 Å². The van der Waals surface area contributed by atoms with Gasteiger partial charge in [-0.3, -0.25) is 4.79 Å². The van der Waals surface area contributed by atoms with Gasteiger partial charge in [0.2, 0.25) is 0 Å². The van der Waals surface area contributed by atoms with E-state index < -0.39 is 17.3 Å². The molecule has 0 aliphatic heterocycles. The fourth-order valence-corrected chi connectivity index (χ4v) is 1.44. The number of ketones is 1. The summed E-state index contributed by atoms with van der Waals surface area (Å²) in [5.74, 6) is -0.739. The normalized spacial score (nSPS) is 14.5. The molecule has 0 N–H and O–H groups in total. The van der Waals surface area contributed by atoms with E-state index in [9.17, 15) is 13.6 Å². The Morgan fingerprint density at radius 1 is 1.47 bits per heavy atom. The van der Waals surface area contributed by atoms with Crippen molar-refractivity contribution in [3.63, 3.8) is 0 Å². The van der Waals surface area contributed by atoms with Crippen molar-refractivity contribution in [1.82, 2.24) is 0 Å². The summed E-state index contributed by atoms with van der Waals surface area (Å²) in [4.78, 5) is 11.4. The number of benzene rings is 1. The molecule has 0 heterocycles. The Labute approximate surface area is 102 Å². The molecule has 1 rings (SSSR count). The lowest BCUT2D eigenvalue weighted by atomic mass is 9.96. The van der Waals surface area contributed by atoms with E-state index >= 15 is 0 Å². The van der Waals surface area contributed by atoms with E-state index in [1.807, 2.05) is 19.1 Å². The molecule has 1 aromatic carbocycles. The van der Waals surface area contributed by atoms with Crippen LogP contribution >= 0.6 is 0 Å². The number of Topliss-reactive ketones (excluding diaryl/α,β-unsaturated/α-hetero) is 1. The molecule has 2 unspecified atom stereocenters. The number of aryl methyl sites for hydroxylation is 1. The number of hydrogen-bond acceptors (Lipinski definition) is 5. The molecule has 92 valence electrons. The first kappa shape index (κ1) is 13.5. The molecule has 5 nitrogen and oxygen atoms in total. The third-order valence-electron chi connectivity index (χ3n) is 2.19. The van der Waals surface area contributed by atoms with Crippen LogP contribution in [0.4, 0.5) is 0 Å². The van der Waals surface area contributed by atoms with Crippen molar-refractivity contribution in [2.24, 2.45) is 5.16 Å². The highest BCUT2D eigenvalue weighted by Gasteiger charge is 2.14. The van der Waals surface area contributed by atoms with E-state index in [4.69, 9.17) is 0 Å². The molecule has 17 heavy (non-hydrogen) atoms. The van der Waals surface area contributed by atoms with Crippen LogP contribution in [0.25, 0.3) is 0 Å². The molecule has 0 saturated heterocycles. The molecule has 0 bridgehead atoms. The summed E-state index contributed by atoms with van der Waals surface area (Å²) in [5, 5.41) is 3.23. The Morgan fingerprint density at radius 3 is 2.53 bits per heavy atom. The molecular formula is C11H12NO4S-. The van der Waals surface area contributed by atoms with Gasteiger partial charge in [0.25, 0.3) is 0 Å². The van der Waals surface area contributed by atoms with Crippen LogP contribution in [0.1, 0.15) is 24.0 Å². The summed E-state index contributed by atoms with van der Waals surface area (Å²) in [5.41, 5.74) is 1.82. The van der Waals surface area contributed by atoms with E-state index in [0.717, 1.165) is 11.1 Å². The second-order valence-electron chi connectivity index (χ2n) is 3.53. The van der Waals surface area contributed by atoms with Crippen LogP contribution in [-0.4, -0.2) is 20.8 Å². The van der Waals surface area contributed by atoms with Crippen molar-refractivity contribution in [1.29, 1.82) is 0 Å². The zero-order valence-electron chi connectivity index (χ0n) is 9.45. The first-order chi connectivity index (χ1) is 8.00. The van der Waals surface area contributed by atoms with Gasteiger partial charge in [-0.15, -0.1) is 0 Å². The fourth-order valence-electron chi connectivity index (χ4n) is 1.32. The highest BCUT2D eigenvalue weighted by atomic mass is 32.2. The Morgan fingerprint density at radius 2 is 2.06 bits per heavy atom. The second-order valence-corrected chi connectivity index (χ2v) is 4.09. The minimum absolute atomic E-state index is 0.141. The fraction of sp³-hybridized carbons (Fsp3) is 0.273. The maximum Gasteiger partial charge on any atom is 0.169 e. The number of carbonyl (C=O) groups excluding carboxylic acids is 1. The average Bonchev–Trinajstić information content (AvgIpc) is 2.25. The highest BCUT2D eigenvalue weighted by molar-refractivity contribution is 7.74. The van der Waals surface area contributed by atoms with Crippen LogP contribution in [-0.2, 0) is 20.4 Å². The summed E-state index contributed by atoms with van der Waals surface area (Å²) in [6.45, 7) is 3.34. The van der Waals surface area contributed by atoms with Crippen LogP contribution in [0.5, 0.6) is 0 Å². The lowest BCUT2D eigenvalue weighted by Gasteiger charge is -2.09. The van der Waals surface area contributed by atoms with Crippen molar-refractivity contribution in [3.05, 3.63) is 35.4 Å². The lowest BCUT2D eigenvalue weighted by Crippen LogP contribution is -2.10. The highest BCUT2D eigenvalue weighted by Crippen LogP contribution is 2.15. The van der Waals surface area contributed by atoms with Crippen molar-refractivity contribution in [2.75, 3.05) is 0 Å². The molecule has 0 spiro atoms. The molecule has 2 atom stereocenters. The van der Waals surface area contributed by atoms with Crippen LogP contribution in [0.15, 0.2) is 29.4 Å². The molecular weight excluding hydrogens is 242 g/mol.